The minimum atomic E-state index is -0.377. The van der Waals surface area contributed by atoms with Crippen LogP contribution in [0.15, 0.2) is 54.6 Å². The molecule has 5 heteroatoms. The second kappa shape index (κ2) is 8.17. The summed E-state index contributed by atoms with van der Waals surface area (Å²) in [5.41, 5.74) is 1.33. The van der Waals surface area contributed by atoms with Crippen LogP contribution in [0.3, 0.4) is 0 Å². The first-order chi connectivity index (χ1) is 12.1. The molecule has 2 aromatic carbocycles. The quantitative estimate of drug-likeness (QED) is 0.885. The molecule has 0 saturated carbocycles. The lowest BCUT2D eigenvalue weighted by atomic mass is 10.0. The highest BCUT2D eigenvalue weighted by molar-refractivity contribution is 6.33. The molecule has 1 heterocycles. The lowest BCUT2D eigenvalue weighted by molar-refractivity contribution is -0.130. The van der Waals surface area contributed by atoms with Gasteiger partial charge < -0.3 is 10.2 Å². The Kier molecular flexibility index (Phi) is 5.71. The summed E-state index contributed by atoms with van der Waals surface area (Å²) < 4.78 is 0. The summed E-state index contributed by atoms with van der Waals surface area (Å²) in [6.45, 7) is 1.61. The van der Waals surface area contributed by atoms with E-state index in [9.17, 15) is 9.59 Å². The summed E-state index contributed by atoms with van der Waals surface area (Å²) in [5, 5.41) is 3.37. The number of hydrogen-bond acceptors (Lipinski definition) is 2. The van der Waals surface area contributed by atoms with E-state index in [0.717, 1.165) is 31.5 Å². The maximum absolute atomic E-state index is 12.6. The van der Waals surface area contributed by atoms with Crippen LogP contribution in [0.1, 0.15) is 41.2 Å². The highest BCUT2D eigenvalue weighted by atomic mass is 35.5. The van der Waals surface area contributed by atoms with Gasteiger partial charge in [-0.15, -0.1) is 0 Å². The number of amides is 2. The van der Waals surface area contributed by atoms with E-state index >= 15 is 0 Å². The third-order valence-electron chi connectivity index (χ3n) is 4.46. The van der Waals surface area contributed by atoms with Crippen LogP contribution < -0.4 is 5.32 Å². The van der Waals surface area contributed by atoms with Crippen molar-refractivity contribution in [3.63, 3.8) is 0 Å². The molecule has 0 bridgehead atoms. The summed E-state index contributed by atoms with van der Waals surface area (Å²) in [6.07, 6.45) is 2.35. The van der Waals surface area contributed by atoms with E-state index in [-0.39, 0.29) is 24.3 Å². The third kappa shape index (κ3) is 4.40. The van der Waals surface area contributed by atoms with Crippen LogP contribution in [0, 0.1) is 0 Å². The molecule has 1 aliphatic heterocycles. The second-order valence-electron chi connectivity index (χ2n) is 6.21. The number of likely N-dealkylation sites (tertiary alicyclic amines) is 1. The van der Waals surface area contributed by atoms with E-state index in [2.05, 4.69) is 5.32 Å². The minimum absolute atomic E-state index is 0.0748. The van der Waals surface area contributed by atoms with E-state index in [1.807, 2.05) is 35.2 Å². The molecule has 0 radical (unpaired) electrons. The summed E-state index contributed by atoms with van der Waals surface area (Å²) in [5.74, 6) is -0.195. The predicted octanol–water partition coefficient (Wildman–Crippen LogP) is 3.82. The summed E-state index contributed by atoms with van der Waals surface area (Å²) in [7, 11) is 0. The Bertz CT molecular complexity index is 742. The number of benzene rings is 2. The fourth-order valence-electron chi connectivity index (χ4n) is 3.09. The zero-order chi connectivity index (χ0) is 17.6. The molecular weight excluding hydrogens is 336 g/mol. The van der Waals surface area contributed by atoms with Gasteiger partial charge in [0.05, 0.1) is 23.0 Å². The SMILES string of the molecule is O=C(N[C@@H](CC(=O)N1CCCC1)c1ccccc1)c1ccccc1Cl. The van der Waals surface area contributed by atoms with Crippen LogP contribution in [0.5, 0.6) is 0 Å². The van der Waals surface area contributed by atoms with Crippen molar-refractivity contribution in [2.75, 3.05) is 13.1 Å². The molecule has 3 rings (SSSR count). The molecule has 2 amide bonds. The summed E-state index contributed by atoms with van der Waals surface area (Å²) in [6, 6.07) is 16.1. The molecule has 0 spiro atoms. The molecule has 0 aromatic heterocycles. The fourth-order valence-corrected chi connectivity index (χ4v) is 3.31. The molecule has 0 unspecified atom stereocenters. The average molecular weight is 357 g/mol. The van der Waals surface area contributed by atoms with Crippen molar-refractivity contribution in [2.45, 2.75) is 25.3 Å². The lowest BCUT2D eigenvalue weighted by Crippen LogP contribution is -2.35. The van der Waals surface area contributed by atoms with Gasteiger partial charge in [0.2, 0.25) is 5.91 Å². The highest BCUT2D eigenvalue weighted by Crippen LogP contribution is 2.22. The van der Waals surface area contributed by atoms with E-state index in [4.69, 9.17) is 11.6 Å². The smallest absolute Gasteiger partial charge is 0.253 e. The van der Waals surface area contributed by atoms with Crippen LogP contribution >= 0.6 is 11.6 Å². The first kappa shape index (κ1) is 17.5. The maximum Gasteiger partial charge on any atom is 0.253 e. The number of carbonyl (C=O) groups excluding carboxylic acids is 2. The molecule has 1 N–H and O–H groups in total. The lowest BCUT2D eigenvalue weighted by Gasteiger charge is -2.22. The Hall–Kier alpha value is -2.33. The van der Waals surface area contributed by atoms with Gasteiger partial charge in [0.1, 0.15) is 0 Å². The van der Waals surface area contributed by atoms with Gasteiger partial charge >= 0.3 is 0 Å². The number of nitrogens with zero attached hydrogens (tertiary/aromatic N) is 1. The highest BCUT2D eigenvalue weighted by Gasteiger charge is 2.24. The number of nitrogens with one attached hydrogen (secondary N) is 1. The molecule has 2 aromatic rings. The molecule has 1 atom stereocenters. The van der Waals surface area contributed by atoms with Gasteiger partial charge in [0, 0.05) is 13.1 Å². The Labute approximate surface area is 152 Å². The number of halogens is 1. The normalized spacial score (nSPS) is 15.0. The second-order valence-corrected chi connectivity index (χ2v) is 6.62. The van der Waals surface area contributed by atoms with E-state index in [1.165, 1.54) is 0 Å². The van der Waals surface area contributed by atoms with Gasteiger partial charge in [0.25, 0.3) is 5.91 Å². The van der Waals surface area contributed by atoms with Gasteiger partial charge in [-0.05, 0) is 30.5 Å². The minimum Gasteiger partial charge on any atom is -0.345 e. The summed E-state index contributed by atoms with van der Waals surface area (Å²) in [4.78, 5) is 27.1. The van der Waals surface area contributed by atoms with Crippen molar-refractivity contribution in [2.24, 2.45) is 0 Å². The molecule has 25 heavy (non-hydrogen) atoms. The third-order valence-corrected chi connectivity index (χ3v) is 4.79. The van der Waals surface area contributed by atoms with Crippen molar-refractivity contribution < 1.29 is 9.59 Å². The van der Waals surface area contributed by atoms with Crippen molar-refractivity contribution in [3.8, 4) is 0 Å². The van der Waals surface area contributed by atoms with Gasteiger partial charge in [-0.2, -0.15) is 0 Å². The van der Waals surface area contributed by atoms with Crippen LogP contribution in [0.4, 0.5) is 0 Å². The van der Waals surface area contributed by atoms with Gasteiger partial charge in [-0.3, -0.25) is 9.59 Å². The maximum atomic E-state index is 12.6. The van der Waals surface area contributed by atoms with Crippen LogP contribution in [-0.2, 0) is 4.79 Å². The largest absolute Gasteiger partial charge is 0.345 e. The molecule has 4 nitrogen and oxygen atoms in total. The zero-order valence-corrected chi connectivity index (χ0v) is 14.7. The molecule has 130 valence electrons. The molecular formula is C20H21ClN2O2. The Morgan fingerprint density at radius 1 is 1.00 bits per heavy atom. The number of carbonyl (C=O) groups is 2. The average Bonchev–Trinajstić information content (AvgIpc) is 3.17. The van der Waals surface area contributed by atoms with Crippen LogP contribution in [-0.4, -0.2) is 29.8 Å². The standard InChI is InChI=1S/C20H21ClN2O2/c21-17-11-5-4-10-16(17)20(25)22-18(15-8-2-1-3-9-15)14-19(24)23-12-6-7-13-23/h1-5,8-11,18H,6-7,12-14H2,(H,22,25)/t18-/m0/s1. The van der Waals surface area contributed by atoms with Gasteiger partial charge in [-0.25, -0.2) is 0 Å². The van der Waals surface area contributed by atoms with E-state index in [0.29, 0.717) is 10.6 Å². The molecule has 1 fully saturated rings. The first-order valence-electron chi connectivity index (χ1n) is 8.53. The monoisotopic (exact) mass is 356 g/mol. The van der Waals surface area contributed by atoms with Crippen LogP contribution in [0.25, 0.3) is 0 Å². The number of rotatable bonds is 5. The molecule has 1 saturated heterocycles. The summed E-state index contributed by atoms with van der Waals surface area (Å²) >= 11 is 6.12. The number of hydrogen-bond donors (Lipinski definition) is 1. The van der Waals surface area contributed by atoms with Crippen molar-refractivity contribution in [1.82, 2.24) is 10.2 Å². The first-order valence-corrected chi connectivity index (χ1v) is 8.91. The van der Waals surface area contributed by atoms with E-state index in [1.54, 1.807) is 24.3 Å². The van der Waals surface area contributed by atoms with Gasteiger partial charge in [0.15, 0.2) is 0 Å². The molecule has 0 aliphatic carbocycles. The topological polar surface area (TPSA) is 49.4 Å². The predicted molar refractivity (Wildman–Crippen MR) is 98.5 cm³/mol. The zero-order valence-electron chi connectivity index (χ0n) is 14.0. The molecule has 1 aliphatic rings. The van der Waals surface area contributed by atoms with Crippen molar-refractivity contribution in [1.29, 1.82) is 0 Å². The Morgan fingerprint density at radius 2 is 1.64 bits per heavy atom. The Balaban J connectivity index is 1.78. The Morgan fingerprint density at radius 3 is 2.32 bits per heavy atom. The van der Waals surface area contributed by atoms with Crippen LogP contribution in [0.2, 0.25) is 5.02 Å². The van der Waals surface area contributed by atoms with Gasteiger partial charge in [-0.1, -0.05) is 54.1 Å². The van der Waals surface area contributed by atoms with Crippen molar-refractivity contribution >= 4 is 23.4 Å². The fraction of sp³-hybridized carbons (Fsp3) is 0.300. The van der Waals surface area contributed by atoms with E-state index < -0.39 is 0 Å². The van der Waals surface area contributed by atoms with Crippen molar-refractivity contribution in [3.05, 3.63) is 70.7 Å².